The van der Waals surface area contributed by atoms with Crippen LogP contribution in [0.2, 0.25) is 0 Å². The third-order valence-electron chi connectivity index (χ3n) is 23.1. The Morgan fingerprint density at radius 1 is 0.564 bits per heavy atom. The normalized spacial score (nSPS) is 42.4. The first-order valence-electron chi connectivity index (χ1n) is 30.2. The van der Waals surface area contributed by atoms with Gasteiger partial charge in [0, 0.05) is 30.1 Å². The number of esters is 6. The van der Waals surface area contributed by atoms with Gasteiger partial charge in [-0.1, -0.05) is 27.7 Å². The minimum atomic E-state index is -4.62. The number of hydrogen-bond acceptors (Lipinski definition) is 13. The molecule has 14 fully saturated rings. The van der Waals surface area contributed by atoms with E-state index in [1.54, 1.807) is 13.8 Å². The van der Waals surface area contributed by atoms with Crippen LogP contribution in [0.15, 0.2) is 0 Å². The molecule has 12 atom stereocenters. The molecule has 14 aliphatic rings. The molecule has 2 heterocycles. The highest BCUT2D eigenvalue weighted by Gasteiger charge is 2.80. The Morgan fingerprint density at radius 3 is 1.50 bits per heavy atom. The Bertz CT molecular complexity index is 2310. The highest BCUT2D eigenvalue weighted by Crippen LogP contribution is 2.68. The quantitative estimate of drug-likeness (QED) is 0.144. The van der Waals surface area contributed by atoms with Crippen molar-refractivity contribution in [1.82, 2.24) is 0 Å². The number of alkyl halides is 3. The van der Waals surface area contributed by atoms with Gasteiger partial charge in [0.15, 0.2) is 5.41 Å². The first-order chi connectivity index (χ1) is 36.1. The lowest BCUT2D eigenvalue weighted by Gasteiger charge is -2.59. The molecule has 13 nitrogen and oxygen atoms in total. The maximum absolute atomic E-state index is 13.4. The maximum Gasteiger partial charge on any atom is 0.405 e. The Labute approximate surface area is 461 Å². The minimum absolute atomic E-state index is 0.0185. The van der Waals surface area contributed by atoms with Crippen LogP contribution < -0.4 is 0 Å². The monoisotopic (exact) mass is 1100 g/mol. The van der Waals surface area contributed by atoms with E-state index in [0.29, 0.717) is 48.3 Å². The Hall–Kier alpha value is -3.43. The fourth-order valence-electron chi connectivity index (χ4n) is 17.0. The van der Waals surface area contributed by atoms with Gasteiger partial charge in [-0.3, -0.25) is 28.8 Å². The van der Waals surface area contributed by atoms with Crippen LogP contribution in [0.4, 0.5) is 13.2 Å². The molecule has 0 aromatic heterocycles. The summed E-state index contributed by atoms with van der Waals surface area (Å²) in [6.45, 7) is 25.3. The van der Waals surface area contributed by atoms with Gasteiger partial charge in [0.25, 0.3) is 0 Å². The van der Waals surface area contributed by atoms with Gasteiger partial charge in [-0.2, -0.15) is 13.2 Å². The van der Waals surface area contributed by atoms with Gasteiger partial charge in [0.1, 0.15) is 35.6 Å². The maximum atomic E-state index is 13.4. The van der Waals surface area contributed by atoms with E-state index in [2.05, 4.69) is 13.8 Å². The van der Waals surface area contributed by atoms with E-state index in [-0.39, 0.29) is 71.5 Å². The van der Waals surface area contributed by atoms with Crippen LogP contribution in [0.5, 0.6) is 0 Å². The fourth-order valence-corrected chi connectivity index (χ4v) is 17.0. The summed E-state index contributed by atoms with van der Waals surface area (Å²) in [5.74, 6) is 1.57. The summed E-state index contributed by atoms with van der Waals surface area (Å²) in [5, 5.41) is 10.6. The molecular weight excluding hydrogens is 1010 g/mol. The molecule has 2 saturated heterocycles. The number of carbonyl (C=O) groups is 6. The SMILES string of the molecule is CCC(C)(C)C(=O)OC1(C)C2CC3CC(C2)CC1C3.CCC(C)(C)C(=O)OC12CC3CC(CC(O)(C3)C1)C2.CCC(C)(C)C(=O)OC1C2CC3C(=O)OC1C3C2.CCC(C)(C)C(=O)OC1C2CC3C1OC(=O)C3(C(F)(F)F)C2. The molecule has 0 radical (unpaired) electrons. The van der Waals surface area contributed by atoms with Crippen LogP contribution in [0.1, 0.15) is 212 Å². The molecule has 440 valence electrons. The molecule has 12 aliphatic carbocycles. The first-order valence-corrected chi connectivity index (χ1v) is 30.2. The molecule has 0 aromatic carbocycles. The predicted octanol–water partition coefficient (Wildman–Crippen LogP) is 12.0. The van der Waals surface area contributed by atoms with Gasteiger partial charge >= 0.3 is 42.0 Å². The summed E-state index contributed by atoms with van der Waals surface area (Å²) in [5.41, 5.74) is -5.37. The van der Waals surface area contributed by atoms with Crippen molar-refractivity contribution in [2.24, 2.45) is 92.2 Å². The lowest BCUT2D eigenvalue weighted by molar-refractivity contribution is -0.231. The number of fused-ring (bicyclic) bond motifs is 2. The molecule has 2 aliphatic heterocycles. The average molecular weight is 1100 g/mol. The lowest BCUT2D eigenvalue weighted by atomic mass is 9.50. The van der Waals surface area contributed by atoms with E-state index < -0.39 is 69.4 Å². The van der Waals surface area contributed by atoms with E-state index in [1.807, 2.05) is 62.3 Å². The summed E-state index contributed by atoms with van der Waals surface area (Å²) >= 11 is 0. The number of aliphatic hydroxyl groups is 1. The molecule has 12 unspecified atom stereocenters. The molecule has 14 rings (SSSR count). The third kappa shape index (κ3) is 10.2. The highest BCUT2D eigenvalue weighted by molar-refractivity contribution is 5.83. The van der Waals surface area contributed by atoms with Crippen LogP contribution >= 0.6 is 0 Å². The van der Waals surface area contributed by atoms with Crippen molar-refractivity contribution < 1.29 is 75.5 Å². The molecule has 16 heteroatoms. The van der Waals surface area contributed by atoms with Crippen LogP contribution in [-0.2, 0) is 57.2 Å². The second-order valence-electron chi connectivity index (χ2n) is 29.9. The molecule has 0 amide bonds. The van der Waals surface area contributed by atoms with E-state index in [1.165, 1.54) is 38.5 Å². The molecule has 0 spiro atoms. The molecule has 1 N–H and O–H groups in total. The zero-order valence-corrected chi connectivity index (χ0v) is 49.1. The second-order valence-corrected chi connectivity index (χ2v) is 29.9. The van der Waals surface area contributed by atoms with Crippen LogP contribution in [0, 0.1) is 92.2 Å². The van der Waals surface area contributed by atoms with Gasteiger partial charge in [0.2, 0.25) is 0 Å². The van der Waals surface area contributed by atoms with E-state index in [0.717, 1.165) is 69.6 Å². The van der Waals surface area contributed by atoms with Gasteiger partial charge in [0.05, 0.1) is 33.2 Å². The van der Waals surface area contributed by atoms with E-state index in [4.69, 9.17) is 28.4 Å². The van der Waals surface area contributed by atoms with Crippen molar-refractivity contribution >= 4 is 35.8 Å². The van der Waals surface area contributed by atoms with E-state index in [9.17, 15) is 47.0 Å². The topological polar surface area (TPSA) is 178 Å². The standard InChI is InChI=1S/C17H28O2.C16H26O3.C15H19F3O4.C14H20O4/c1-5-16(2,3)15(18)19-17(4)13-7-11-6-12(9-13)10-14(17)8-11;1-4-14(2,3)13(17)19-16-8-11-5-12(9-16)7-15(18,6-11)10-16;1-4-13(2,3)11(19)21-9-7-5-8-10(9)22-12(20)14(8,6-7)15(16,17)18;1-4-14(2,3)13(16)18-10-7-5-8-9(6-7)12(15)17-11(8)10/h11-14H,5-10H2,1-4H3;11-12,18H,4-10H2,1-3H3;7-10H,4-6H2,1-3H3;7-11H,4-6H2,1-3H3. The fraction of sp³-hybridized carbons (Fsp3) is 0.903. The zero-order valence-electron chi connectivity index (χ0n) is 49.1. The van der Waals surface area contributed by atoms with Gasteiger partial charge in [-0.25, -0.2) is 0 Å². The third-order valence-corrected chi connectivity index (χ3v) is 23.1. The smallest absolute Gasteiger partial charge is 0.405 e. The van der Waals surface area contributed by atoms with Crippen molar-refractivity contribution in [2.45, 2.75) is 259 Å². The summed E-state index contributed by atoms with van der Waals surface area (Å²) in [7, 11) is 0. The van der Waals surface area contributed by atoms with Gasteiger partial charge in [-0.15, -0.1) is 0 Å². The van der Waals surface area contributed by atoms with Crippen molar-refractivity contribution in [3.8, 4) is 0 Å². The molecule has 12 saturated carbocycles. The summed E-state index contributed by atoms with van der Waals surface area (Å²) in [6.07, 6.45) is 10.3. The summed E-state index contributed by atoms with van der Waals surface area (Å²) < 4.78 is 73.7. The summed E-state index contributed by atoms with van der Waals surface area (Å²) in [6, 6.07) is 0. The van der Waals surface area contributed by atoms with Crippen molar-refractivity contribution in [2.75, 3.05) is 0 Å². The van der Waals surface area contributed by atoms with Crippen LogP contribution in [0.3, 0.4) is 0 Å². The minimum Gasteiger partial charge on any atom is -0.459 e. The summed E-state index contributed by atoms with van der Waals surface area (Å²) in [4.78, 5) is 72.6. The van der Waals surface area contributed by atoms with Crippen LogP contribution in [0.25, 0.3) is 0 Å². The zero-order chi connectivity index (χ0) is 57.3. The number of rotatable bonds is 12. The molecule has 12 bridgehead atoms. The van der Waals surface area contributed by atoms with Crippen molar-refractivity contribution in [3.05, 3.63) is 0 Å². The average Bonchev–Trinajstić information content (AvgIpc) is 4.38. The molecular formula is C62H93F3O13. The largest absolute Gasteiger partial charge is 0.459 e. The number of carbonyl (C=O) groups excluding carboxylic acids is 6. The van der Waals surface area contributed by atoms with Crippen molar-refractivity contribution in [3.63, 3.8) is 0 Å². The van der Waals surface area contributed by atoms with Crippen molar-refractivity contribution in [1.29, 1.82) is 0 Å². The predicted molar refractivity (Wildman–Crippen MR) is 280 cm³/mol. The highest BCUT2D eigenvalue weighted by atomic mass is 19.4. The Kier molecular flexibility index (Phi) is 15.3. The van der Waals surface area contributed by atoms with Gasteiger partial charge in [-0.05, 0) is 213 Å². The second kappa shape index (κ2) is 20.2. The Balaban J connectivity index is 0.000000127. The lowest BCUT2D eigenvalue weighted by Crippen LogP contribution is -2.61. The molecule has 78 heavy (non-hydrogen) atoms. The molecule has 0 aromatic rings. The van der Waals surface area contributed by atoms with Crippen LogP contribution in [-0.4, -0.2) is 88.3 Å². The first kappa shape index (κ1) is 59.2. The number of halogens is 3. The van der Waals surface area contributed by atoms with Gasteiger partial charge < -0.3 is 33.5 Å². The van der Waals surface area contributed by atoms with E-state index >= 15 is 0 Å². The number of ether oxygens (including phenoxy) is 6. The number of hydrogen-bond donors (Lipinski definition) is 1. The Morgan fingerprint density at radius 2 is 1.03 bits per heavy atom.